The van der Waals surface area contributed by atoms with Crippen molar-refractivity contribution in [2.75, 3.05) is 0 Å². The average Bonchev–Trinajstić information content (AvgIpc) is 2.44. The molecule has 1 amide bonds. The highest BCUT2D eigenvalue weighted by molar-refractivity contribution is 6.30. The molecule has 0 unspecified atom stereocenters. The lowest BCUT2D eigenvalue weighted by molar-refractivity contribution is 0.0683. The van der Waals surface area contributed by atoms with Gasteiger partial charge < -0.3 is 4.90 Å². The number of carbonyl (C=O) groups excluding carboxylic acids is 1. The third-order valence-electron chi connectivity index (χ3n) is 3.06. The maximum atomic E-state index is 13.2. The number of benzene rings is 1. The third kappa shape index (κ3) is 4.02. The standard InChI is InChI=1S/C16H16ClFN2O/c1-11(2)20(10-12-5-3-6-13(17)9-12)16(21)14-7-4-8-15(18)19-14/h3-9,11H,10H2,1-2H3. The van der Waals surface area contributed by atoms with E-state index in [1.807, 2.05) is 32.0 Å². The Kier molecular flexibility index (Phi) is 4.91. The second-order valence-electron chi connectivity index (χ2n) is 5.00. The second kappa shape index (κ2) is 6.68. The molecule has 0 atom stereocenters. The Hall–Kier alpha value is -1.94. The van der Waals surface area contributed by atoms with Crippen molar-refractivity contribution in [3.63, 3.8) is 0 Å². The Bertz CT molecular complexity index is 646. The van der Waals surface area contributed by atoms with Gasteiger partial charge in [-0.1, -0.05) is 29.8 Å². The van der Waals surface area contributed by atoms with Crippen LogP contribution in [0.4, 0.5) is 4.39 Å². The van der Waals surface area contributed by atoms with E-state index in [9.17, 15) is 9.18 Å². The van der Waals surface area contributed by atoms with Crippen molar-refractivity contribution in [3.05, 3.63) is 64.7 Å². The van der Waals surface area contributed by atoms with Gasteiger partial charge in [-0.05, 0) is 43.7 Å². The molecule has 2 aromatic rings. The van der Waals surface area contributed by atoms with Crippen molar-refractivity contribution < 1.29 is 9.18 Å². The molecule has 0 aliphatic rings. The molecule has 1 aromatic carbocycles. The van der Waals surface area contributed by atoms with Gasteiger partial charge in [-0.25, -0.2) is 4.98 Å². The van der Waals surface area contributed by atoms with Crippen LogP contribution in [0.15, 0.2) is 42.5 Å². The minimum Gasteiger partial charge on any atom is -0.331 e. The molecule has 0 N–H and O–H groups in total. The summed E-state index contributed by atoms with van der Waals surface area (Å²) in [4.78, 5) is 17.8. The zero-order valence-electron chi connectivity index (χ0n) is 11.9. The Morgan fingerprint density at radius 1 is 1.29 bits per heavy atom. The quantitative estimate of drug-likeness (QED) is 0.802. The predicted molar refractivity (Wildman–Crippen MR) is 80.7 cm³/mol. The largest absolute Gasteiger partial charge is 0.331 e. The van der Waals surface area contributed by atoms with Crippen LogP contribution in [0.3, 0.4) is 0 Å². The van der Waals surface area contributed by atoms with Gasteiger partial charge in [-0.15, -0.1) is 0 Å². The Labute approximate surface area is 128 Å². The highest BCUT2D eigenvalue weighted by Crippen LogP contribution is 2.16. The first-order valence-electron chi connectivity index (χ1n) is 6.65. The van der Waals surface area contributed by atoms with E-state index in [2.05, 4.69) is 4.98 Å². The molecule has 0 fully saturated rings. The summed E-state index contributed by atoms with van der Waals surface area (Å²) in [5, 5.41) is 0.618. The summed E-state index contributed by atoms with van der Waals surface area (Å²) in [6, 6.07) is 11.5. The van der Waals surface area contributed by atoms with Gasteiger partial charge in [0, 0.05) is 17.6 Å². The maximum absolute atomic E-state index is 13.2. The molecular formula is C16H16ClFN2O. The van der Waals surface area contributed by atoms with Crippen LogP contribution in [0.2, 0.25) is 5.02 Å². The molecule has 3 nitrogen and oxygen atoms in total. The van der Waals surface area contributed by atoms with Gasteiger partial charge in [-0.3, -0.25) is 4.79 Å². The number of hydrogen-bond acceptors (Lipinski definition) is 2. The number of amides is 1. The molecule has 21 heavy (non-hydrogen) atoms. The molecule has 0 aliphatic carbocycles. The number of aromatic nitrogens is 1. The first-order valence-corrected chi connectivity index (χ1v) is 7.03. The fourth-order valence-corrected chi connectivity index (χ4v) is 2.21. The molecule has 0 spiro atoms. The molecule has 110 valence electrons. The van der Waals surface area contributed by atoms with Gasteiger partial charge in [0.15, 0.2) is 0 Å². The first-order chi connectivity index (χ1) is 9.97. The van der Waals surface area contributed by atoms with Crippen LogP contribution in [0.5, 0.6) is 0 Å². The summed E-state index contributed by atoms with van der Waals surface area (Å²) in [5.74, 6) is -0.961. The number of nitrogens with zero attached hydrogens (tertiary/aromatic N) is 2. The molecule has 2 rings (SSSR count). The summed E-state index contributed by atoms with van der Waals surface area (Å²) in [5.41, 5.74) is 1.02. The predicted octanol–water partition coefficient (Wildman–Crippen LogP) is 3.92. The SMILES string of the molecule is CC(C)N(Cc1cccc(Cl)c1)C(=O)c1cccc(F)n1. The molecule has 0 radical (unpaired) electrons. The number of hydrogen-bond donors (Lipinski definition) is 0. The molecular weight excluding hydrogens is 291 g/mol. The highest BCUT2D eigenvalue weighted by Gasteiger charge is 2.20. The Morgan fingerprint density at radius 3 is 2.62 bits per heavy atom. The van der Waals surface area contributed by atoms with E-state index < -0.39 is 5.95 Å². The monoisotopic (exact) mass is 306 g/mol. The normalized spacial score (nSPS) is 10.7. The van der Waals surface area contributed by atoms with E-state index in [0.717, 1.165) is 5.56 Å². The highest BCUT2D eigenvalue weighted by atomic mass is 35.5. The van der Waals surface area contributed by atoms with Crippen LogP contribution in [0, 0.1) is 5.95 Å². The van der Waals surface area contributed by atoms with Crippen LogP contribution in [0.1, 0.15) is 29.9 Å². The van der Waals surface area contributed by atoms with Crippen molar-refractivity contribution in [2.24, 2.45) is 0 Å². The van der Waals surface area contributed by atoms with Crippen molar-refractivity contribution in [2.45, 2.75) is 26.4 Å². The van der Waals surface area contributed by atoms with E-state index >= 15 is 0 Å². The molecule has 5 heteroatoms. The molecule has 0 aliphatic heterocycles. The zero-order chi connectivity index (χ0) is 15.4. The fourth-order valence-electron chi connectivity index (χ4n) is 2.00. The van der Waals surface area contributed by atoms with Crippen LogP contribution in [-0.4, -0.2) is 21.8 Å². The average molecular weight is 307 g/mol. The van der Waals surface area contributed by atoms with E-state index in [1.54, 1.807) is 11.0 Å². The van der Waals surface area contributed by atoms with E-state index in [1.165, 1.54) is 18.2 Å². The van der Waals surface area contributed by atoms with Gasteiger partial charge in [0.25, 0.3) is 5.91 Å². The molecule has 0 saturated carbocycles. The summed E-state index contributed by atoms with van der Waals surface area (Å²) in [7, 11) is 0. The van der Waals surface area contributed by atoms with Crippen molar-refractivity contribution in [1.29, 1.82) is 0 Å². The summed E-state index contributed by atoms with van der Waals surface area (Å²) in [6.45, 7) is 4.21. The van der Waals surface area contributed by atoms with Crippen LogP contribution < -0.4 is 0 Å². The van der Waals surface area contributed by atoms with Crippen LogP contribution in [0.25, 0.3) is 0 Å². The topological polar surface area (TPSA) is 33.2 Å². The molecule has 1 aromatic heterocycles. The lowest BCUT2D eigenvalue weighted by Crippen LogP contribution is -2.37. The number of rotatable bonds is 4. The summed E-state index contributed by atoms with van der Waals surface area (Å²) in [6.07, 6.45) is 0. The van der Waals surface area contributed by atoms with Crippen molar-refractivity contribution in [1.82, 2.24) is 9.88 Å². The Morgan fingerprint density at radius 2 is 2.00 bits per heavy atom. The first kappa shape index (κ1) is 15.4. The molecule has 0 saturated heterocycles. The lowest BCUT2D eigenvalue weighted by Gasteiger charge is -2.26. The van der Waals surface area contributed by atoms with Crippen molar-refractivity contribution in [3.8, 4) is 0 Å². The van der Waals surface area contributed by atoms with Crippen LogP contribution >= 0.6 is 11.6 Å². The zero-order valence-corrected chi connectivity index (χ0v) is 12.6. The van der Waals surface area contributed by atoms with E-state index in [-0.39, 0.29) is 17.6 Å². The molecule has 1 heterocycles. The third-order valence-corrected chi connectivity index (χ3v) is 3.30. The lowest BCUT2D eigenvalue weighted by atomic mass is 10.1. The second-order valence-corrected chi connectivity index (χ2v) is 5.44. The van der Waals surface area contributed by atoms with E-state index in [4.69, 9.17) is 11.6 Å². The number of halogens is 2. The molecule has 0 bridgehead atoms. The Balaban J connectivity index is 2.25. The van der Waals surface area contributed by atoms with Crippen molar-refractivity contribution >= 4 is 17.5 Å². The fraction of sp³-hybridized carbons (Fsp3) is 0.250. The van der Waals surface area contributed by atoms with E-state index in [0.29, 0.717) is 11.6 Å². The minimum atomic E-state index is -0.660. The van der Waals surface area contributed by atoms with Crippen LogP contribution in [-0.2, 0) is 6.54 Å². The summed E-state index contributed by atoms with van der Waals surface area (Å²) < 4.78 is 13.2. The smallest absolute Gasteiger partial charge is 0.273 e. The summed E-state index contributed by atoms with van der Waals surface area (Å²) >= 11 is 5.96. The van der Waals surface area contributed by atoms with Gasteiger partial charge in [0.2, 0.25) is 5.95 Å². The van der Waals surface area contributed by atoms with Gasteiger partial charge in [0.1, 0.15) is 5.69 Å². The number of carbonyl (C=O) groups is 1. The van der Waals surface area contributed by atoms with Gasteiger partial charge >= 0.3 is 0 Å². The number of pyridine rings is 1. The minimum absolute atomic E-state index is 0.0402. The maximum Gasteiger partial charge on any atom is 0.273 e. The van der Waals surface area contributed by atoms with Gasteiger partial charge in [-0.2, -0.15) is 4.39 Å². The van der Waals surface area contributed by atoms with Gasteiger partial charge in [0.05, 0.1) is 0 Å².